The maximum absolute atomic E-state index is 11.7. The Labute approximate surface area is 91.0 Å². The fourth-order valence-corrected chi connectivity index (χ4v) is 1.18. The van der Waals surface area contributed by atoms with Crippen LogP contribution >= 0.6 is 0 Å². The van der Waals surface area contributed by atoms with E-state index in [1.54, 1.807) is 13.8 Å². The summed E-state index contributed by atoms with van der Waals surface area (Å²) in [5, 5.41) is 8.86. The van der Waals surface area contributed by atoms with Crippen LogP contribution in [0.5, 0.6) is 0 Å². The van der Waals surface area contributed by atoms with Crippen molar-refractivity contribution < 1.29 is 9.21 Å². The zero-order valence-corrected chi connectivity index (χ0v) is 8.87. The van der Waals surface area contributed by atoms with Crippen LogP contribution in [0.2, 0.25) is 0 Å². The Morgan fingerprint density at radius 2 is 2.31 bits per heavy atom. The largest absolute Gasteiger partial charge is 0.432 e. The number of H-pyrrole nitrogens is 1. The van der Waals surface area contributed by atoms with Crippen LogP contribution in [0.3, 0.4) is 0 Å². The molecule has 16 heavy (non-hydrogen) atoms. The number of aromatic amines is 1. The van der Waals surface area contributed by atoms with Gasteiger partial charge < -0.3 is 10.2 Å². The summed E-state index contributed by atoms with van der Waals surface area (Å²) < 4.78 is 4.98. The maximum atomic E-state index is 11.7. The smallest absolute Gasteiger partial charge is 0.301 e. The molecule has 0 aliphatic carbocycles. The van der Waals surface area contributed by atoms with Crippen molar-refractivity contribution in [2.45, 2.75) is 13.8 Å². The number of hydrogen-bond donors (Lipinski definition) is 3. The topological polar surface area (TPSA) is 110 Å². The predicted molar refractivity (Wildman–Crippen MR) is 56.9 cm³/mol. The van der Waals surface area contributed by atoms with Crippen LogP contribution in [-0.2, 0) is 0 Å². The van der Waals surface area contributed by atoms with Crippen LogP contribution in [0.1, 0.15) is 21.9 Å². The van der Waals surface area contributed by atoms with Crippen molar-refractivity contribution >= 4 is 17.6 Å². The van der Waals surface area contributed by atoms with Gasteiger partial charge in [-0.1, -0.05) is 0 Å². The van der Waals surface area contributed by atoms with Gasteiger partial charge in [-0.15, -0.1) is 0 Å². The van der Waals surface area contributed by atoms with Gasteiger partial charge in [0, 0.05) is 0 Å². The number of nitrogens with zero attached hydrogens (tertiary/aromatic N) is 2. The van der Waals surface area contributed by atoms with Gasteiger partial charge in [-0.05, 0) is 13.8 Å². The number of anilines is 2. The van der Waals surface area contributed by atoms with E-state index in [4.69, 9.17) is 10.2 Å². The molecule has 0 saturated carbocycles. The number of nitrogen functional groups attached to an aromatic ring is 1. The molecule has 0 atom stereocenters. The number of amides is 1. The Hall–Kier alpha value is -2.31. The first-order valence-corrected chi connectivity index (χ1v) is 4.62. The van der Waals surface area contributed by atoms with Crippen LogP contribution in [0.15, 0.2) is 10.7 Å². The van der Waals surface area contributed by atoms with Crippen LogP contribution < -0.4 is 11.1 Å². The molecule has 2 heterocycles. The summed E-state index contributed by atoms with van der Waals surface area (Å²) in [4.78, 5) is 15.6. The molecule has 2 aromatic rings. The van der Waals surface area contributed by atoms with Gasteiger partial charge >= 0.3 is 6.01 Å². The van der Waals surface area contributed by atoms with Crippen molar-refractivity contribution in [1.29, 1.82) is 0 Å². The Morgan fingerprint density at radius 1 is 1.56 bits per heavy atom. The minimum absolute atomic E-state index is 0.127. The van der Waals surface area contributed by atoms with Gasteiger partial charge in [0.05, 0.1) is 17.1 Å². The van der Waals surface area contributed by atoms with E-state index < -0.39 is 5.91 Å². The van der Waals surface area contributed by atoms with Gasteiger partial charge in [-0.25, -0.2) is 0 Å². The van der Waals surface area contributed by atoms with Crippen molar-refractivity contribution in [3.8, 4) is 0 Å². The third kappa shape index (κ3) is 1.74. The third-order valence-corrected chi connectivity index (χ3v) is 2.05. The summed E-state index contributed by atoms with van der Waals surface area (Å²) in [6, 6.07) is 0.127. The molecule has 4 N–H and O–H groups in total. The van der Waals surface area contributed by atoms with Crippen molar-refractivity contribution in [3.05, 3.63) is 23.3 Å². The van der Waals surface area contributed by atoms with Crippen LogP contribution in [-0.4, -0.2) is 21.1 Å². The first kappa shape index (κ1) is 10.2. The molecule has 2 aromatic heterocycles. The van der Waals surface area contributed by atoms with Crippen molar-refractivity contribution in [3.63, 3.8) is 0 Å². The second-order valence-corrected chi connectivity index (χ2v) is 3.36. The second-order valence-electron chi connectivity index (χ2n) is 3.36. The van der Waals surface area contributed by atoms with Gasteiger partial charge in [0.2, 0.25) is 0 Å². The summed E-state index contributed by atoms with van der Waals surface area (Å²) in [7, 11) is 0. The fourth-order valence-electron chi connectivity index (χ4n) is 1.18. The quantitative estimate of drug-likeness (QED) is 0.696. The van der Waals surface area contributed by atoms with Crippen molar-refractivity contribution in [1.82, 2.24) is 15.2 Å². The van der Waals surface area contributed by atoms with Crippen molar-refractivity contribution in [2.75, 3.05) is 11.1 Å². The Morgan fingerprint density at radius 3 is 2.81 bits per heavy atom. The number of carbonyl (C=O) groups is 1. The summed E-state index contributed by atoms with van der Waals surface area (Å²) in [5.41, 5.74) is 7.44. The highest BCUT2D eigenvalue weighted by Gasteiger charge is 2.16. The molecule has 1 amide bonds. The van der Waals surface area contributed by atoms with Gasteiger partial charge in [-0.2, -0.15) is 10.1 Å². The molecule has 0 fully saturated rings. The second kappa shape index (κ2) is 3.69. The van der Waals surface area contributed by atoms with Gasteiger partial charge in [0.15, 0.2) is 5.69 Å². The highest BCUT2D eigenvalue weighted by molar-refractivity contribution is 6.05. The minimum Gasteiger partial charge on any atom is -0.432 e. The summed E-state index contributed by atoms with van der Waals surface area (Å²) in [6.07, 6.45) is 1.44. The van der Waals surface area contributed by atoms with Crippen molar-refractivity contribution in [2.24, 2.45) is 0 Å². The van der Waals surface area contributed by atoms with E-state index in [9.17, 15) is 4.79 Å². The first-order valence-electron chi connectivity index (χ1n) is 4.62. The van der Waals surface area contributed by atoms with Gasteiger partial charge in [0.25, 0.3) is 5.91 Å². The molecular weight excluding hydrogens is 210 g/mol. The molecule has 84 valence electrons. The molecular formula is C9H11N5O2. The fraction of sp³-hybridized carbons (Fsp3) is 0.222. The number of nitrogens with one attached hydrogen (secondary N) is 2. The zero-order chi connectivity index (χ0) is 11.7. The molecule has 0 aliphatic rings. The average molecular weight is 221 g/mol. The van der Waals surface area contributed by atoms with E-state index in [2.05, 4.69) is 20.5 Å². The molecule has 0 unspecified atom stereocenters. The molecule has 7 heteroatoms. The van der Waals surface area contributed by atoms with Gasteiger partial charge in [-0.3, -0.25) is 15.2 Å². The lowest BCUT2D eigenvalue weighted by Crippen LogP contribution is -2.14. The number of aromatic nitrogens is 3. The number of nitrogens with two attached hydrogens (primary N) is 1. The molecule has 0 saturated heterocycles. The normalized spacial score (nSPS) is 10.4. The molecule has 0 radical (unpaired) electrons. The standard InChI is InChI=1S/C9H11N5O2/c1-4-3-16-9(11-4)12-8(15)7-6(10)5(2)13-14-7/h3H,10H2,1-2H3,(H,13,14)(H,11,12,15). The monoisotopic (exact) mass is 221 g/mol. The predicted octanol–water partition coefficient (Wildman–Crippen LogP) is 0.849. The van der Waals surface area contributed by atoms with E-state index in [0.29, 0.717) is 17.1 Å². The molecule has 2 rings (SSSR count). The number of carbonyl (C=O) groups excluding carboxylic acids is 1. The SMILES string of the molecule is Cc1coc(NC(=O)c2n[nH]c(C)c2N)n1. The minimum atomic E-state index is -0.455. The molecule has 7 nitrogen and oxygen atoms in total. The first-order chi connectivity index (χ1) is 7.58. The Kier molecular flexibility index (Phi) is 2.35. The Bertz CT molecular complexity index is 528. The average Bonchev–Trinajstić information content (AvgIpc) is 2.76. The summed E-state index contributed by atoms with van der Waals surface area (Å²) >= 11 is 0. The van der Waals surface area contributed by atoms with E-state index in [1.807, 2.05) is 0 Å². The number of oxazole rings is 1. The zero-order valence-electron chi connectivity index (χ0n) is 8.87. The summed E-state index contributed by atoms with van der Waals surface area (Å²) in [5.74, 6) is -0.455. The number of rotatable bonds is 2. The molecule has 0 aliphatic heterocycles. The van der Waals surface area contributed by atoms with Crippen LogP contribution in [0.25, 0.3) is 0 Å². The molecule has 0 bridgehead atoms. The number of hydrogen-bond acceptors (Lipinski definition) is 5. The molecule has 0 aromatic carbocycles. The lowest BCUT2D eigenvalue weighted by atomic mass is 10.3. The number of aryl methyl sites for hydroxylation is 2. The van der Waals surface area contributed by atoms with Crippen LogP contribution in [0.4, 0.5) is 11.7 Å². The lowest BCUT2D eigenvalue weighted by molar-refractivity contribution is 0.102. The van der Waals surface area contributed by atoms with E-state index in [1.165, 1.54) is 6.26 Å². The lowest BCUT2D eigenvalue weighted by Gasteiger charge is -1.97. The van der Waals surface area contributed by atoms with Crippen LogP contribution in [0, 0.1) is 13.8 Å². The van der Waals surface area contributed by atoms with E-state index in [-0.39, 0.29) is 11.7 Å². The highest BCUT2D eigenvalue weighted by Crippen LogP contribution is 2.14. The third-order valence-electron chi connectivity index (χ3n) is 2.05. The Balaban J connectivity index is 2.18. The summed E-state index contributed by atoms with van der Waals surface area (Å²) in [6.45, 7) is 3.49. The van der Waals surface area contributed by atoms with Gasteiger partial charge in [0.1, 0.15) is 6.26 Å². The molecule has 0 spiro atoms. The maximum Gasteiger partial charge on any atom is 0.301 e. The van der Waals surface area contributed by atoms with E-state index in [0.717, 1.165) is 0 Å². The highest BCUT2D eigenvalue weighted by atomic mass is 16.4. The van der Waals surface area contributed by atoms with E-state index >= 15 is 0 Å².